The summed E-state index contributed by atoms with van der Waals surface area (Å²) >= 11 is 0. The van der Waals surface area contributed by atoms with Crippen molar-refractivity contribution in [3.63, 3.8) is 0 Å². The van der Waals surface area contributed by atoms with Crippen molar-refractivity contribution in [3.05, 3.63) is 11.8 Å². The van der Waals surface area contributed by atoms with Crippen LogP contribution in [0.1, 0.15) is 52.4 Å². The molecule has 0 aromatic carbocycles. The van der Waals surface area contributed by atoms with Crippen molar-refractivity contribution < 1.29 is 4.79 Å². The number of allylic oxidation sites excluding steroid dienone is 1. The largest absolute Gasteiger partial charge is 0.384 e. The molecule has 2 aliphatic heterocycles. The number of hydrogen-bond acceptors (Lipinski definition) is 3. The summed E-state index contributed by atoms with van der Waals surface area (Å²) in [5.41, 5.74) is 0.312. The lowest BCUT2D eigenvalue weighted by Crippen LogP contribution is -2.42. The third-order valence-electron chi connectivity index (χ3n) is 4.09. The number of rotatable bonds is 7. The van der Waals surface area contributed by atoms with Crippen LogP contribution in [0.15, 0.2) is 16.8 Å². The molecular formula is C16H27N3O. The van der Waals surface area contributed by atoms with E-state index in [9.17, 15) is 4.79 Å². The molecule has 0 bridgehead atoms. The first-order valence-electron chi connectivity index (χ1n) is 7.97. The number of amides is 1. The van der Waals surface area contributed by atoms with Gasteiger partial charge in [0, 0.05) is 25.8 Å². The van der Waals surface area contributed by atoms with E-state index >= 15 is 0 Å². The Morgan fingerprint density at radius 2 is 2.10 bits per heavy atom. The summed E-state index contributed by atoms with van der Waals surface area (Å²) in [6.07, 6.45) is 11.0. The summed E-state index contributed by atoms with van der Waals surface area (Å²) in [6.45, 7) is 6.87. The van der Waals surface area contributed by atoms with Crippen molar-refractivity contribution in [2.45, 2.75) is 57.9 Å². The fourth-order valence-electron chi connectivity index (χ4n) is 2.82. The molecule has 1 atom stereocenters. The van der Waals surface area contributed by atoms with E-state index in [1.165, 1.54) is 25.7 Å². The summed E-state index contributed by atoms with van der Waals surface area (Å²) < 4.78 is 0. The molecule has 1 amide bonds. The summed E-state index contributed by atoms with van der Waals surface area (Å²) in [7, 11) is 0. The average molecular weight is 277 g/mol. The van der Waals surface area contributed by atoms with E-state index in [4.69, 9.17) is 0 Å². The Morgan fingerprint density at radius 1 is 1.35 bits per heavy atom. The number of nitrogens with one attached hydrogen (secondary N) is 1. The first-order valence-corrected chi connectivity index (χ1v) is 7.97. The smallest absolute Gasteiger partial charge is 0.254 e. The summed E-state index contributed by atoms with van der Waals surface area (Å²) in [4.78, 5) is 18.8. The van der Waals surface area contributed by atoms with Gasteiger partial charge >= 0.3 is 0 Å². The average Bonchev–Trinajstić information content (AvgIpc) is 3.08. The highest BCUT2D eigenvalue weighted by molar-refractivity contribution is 5.96. The summed E-state index contributed by atoms with van der Waals surface area (Å²) in [5.74, 6) is 0.147. The van der Waals surface area contributed by atoms with Crippen LogP contribution in [0.25, 0.3) is 0 Å². The maximum absolute atomic E-state index is 12.5. The van der Waals surface area contributed by atoms with Gasteiger partial charge in [0.15, 0.2) is 5.54 Å². The second kappa shape index (κ2) is 6.91. The van der Waals surface area contributed by atoms with Crippen LogP contribution in [-0.4, -0.2) is 42.2 Å². The van der Waals surface area contributed by atoms with E-state index in [2.05, 4.69) is 17.2 Å². The quantitative estimate of drug-likeness (QED) is 0.727. The molecule has 2 heterocycles. The Morgan fingerprint density at radius 3 is 2.80 bits per heavy atom. The third-order valence-corrected chi connectivity index (χ3v) is 4.09. The maximum Gasteiger partial charge on any atom is 0.254 e. The summed E-state index contributed by atoms with van der Waals surface area (Å²) in [6, 6.07) is 0. The van der Waals surface area contributed by atoms with Gasteiger partial charge in [-0.05, 0) is 32.3 Å². The molecule has 20 heavy (non-hydrogen) atoms. The van der Waals surface area contributed by atoms with Gasteiger partial charge in [0.2, 0.25) is 0 Å². The second-order valence-electron chi connectivity index (χ2n) is 5.99. The molecule has 4 nitrogen and oxygen atoms in total. The van der Waals surface area contributed by atoms with E-state index in [0.717, 1.165) is 38.2 Å². The molecular weight excluding hydrogens is 250 g/mol. The Balaban J connectivity index is 1.82. The minimum absolute atomic E-state index is 0.147. The van der Waals surface area contributed by atoms with Crippen LogP contribution in [0.4, 0.5) is 0 Å². The molecule has 1 saturated heterocycles. The molecule has 0 aliphatic carbocycles. The normalized spacial score (nSPS) is 25.1. The van der Waals surface area contributed by atoms with Gasteiger partial charge in [0.05, 0.1) is 5.70 Å². The fourth-order valence-corrected chi connectivity index (χ4v) is 2.82. The lowest BCUT2D eigenvalue weighted by atomic mass is 10.0. The highest BCUT2D eigenvalue weighted by Gasteiger charge is 2.37. The van der Waals surface area contributed by atoms with Crippen molar-refractivity contribution in [2.24, 2.45) is 4.99 Å². The van der Waals surface area contributed by atoms with Gasteiger partial charge in [0.1, 0.15) is 0 Å². The molecule has 2 aliphatic rings. The Labute approximate surface area is 122 Å². The molecule has 0 radical (unpaired) electrons. The number of nitrogens with zero attached hydrogens (tertiary/aromatic N) is 2. The molecule has 112 valence electrons. The van der Waals surface area contributed by atoms with Gasteiger partial charge in [-0.25, -0.2) is 0 Å². The van der Waals surface area contributed by atoms with Crippen LogP contribution in [-0.2, 0) is 4.79 Å². The SMILES string of the molecule is CCCCCCNC1=CC(C)(C(=O)N2CCCC2)N=C1. The van der Waals surface area contributed by atoms with E-state index in [-0.39, 0.29) is 5.91 Å². The molecule has 0 aromatic rings. The van der Waals surface area contributed by atoms with E-state index in [1.807, 2.05) is 24.1 Å². The van der Waals surface area contributed by atoms with Crippen molar-refractivity contribution in [1.29, 1.82) is 0 Å². The minimum atomic E-state index is -0.684. The zero-order valence-corrected chi connectivity index (χ0v) is 12.8. The monoisotopic (exact) mass is 277 g/mol. The minimum Gasteiger partial charge on any atom is -0.384 e. The lowest BCUT2D eigenvalue weighted by molar-refractivity contribution is -0.133. The Bertz CT molecular complexity index is 397. The van der Waals surface area contributed by atoms with E-state index in [0.29, 0.717) is 0 Å². The van der Waals surface area contributed by atoms with Crippen molar-refractivity contribution in [2.75, 3.05) is 19.6 Å². The molecule has 0 saturated carbocycles. The number of likely N-dealkylation sites (tertiary alicyclic amines) is 1. The van der Waals surface area contributed by atoms with Gasteiger partial charge in [-0.2, -0.15) is 0 Å². The third kappa shape index (κ3) is 3.62. The number of unbranched alkanes of at least 4 members (excludes halogenated alkanes) is 3. The van der Waals surface area contributed by atoms with Gasteiger partial charge < -0.3 is 10.2 Å². The number of carbonyl (C=O) groups is 1. The van der Waals surface area contributed by atoms with Crippen molar-refractivity contribution in [1.82, 2.24) is 10.2 Å². The molecule has 1 N–H and O–H groups in total. The predicted molar refractivity (Wildman–Crippen MR) is 82.9 cm³/mol. The molecule has 0 spiro atoms. The second-order valence-corrected chi connectivity index (χ2v) is 5.99. The molecule has 4 heteroatoms. The van der Waals surface area contributed by atoms with E-state index < -0.39 is 5.54 Å². The molecule has 1 unspecified atom stereocenters. The summed E-state index contributed by atoms with van der Waals surface area (Å²) in [5, 5.41) is 3.38. The molecule has 2 rings (SSSR count). The van der Waals surface area contributed by atoms with Crippen LogP contribution in [0.2, 0.25) is 0 Å². The van der Waals surface area contributed by atoms with Crippen molar-refractivity contribution in [3.8, 4) is 0 Å². The first-order chi connectivity index (χ1) is 9.65. The number of hydrogen-bond donors (Lipinski definition) is 1. The highest BCUT2D eigenvalue weighted by Crippen LogP contribution is 2.24. The zero-order chi connectivity index (χ0) is 14.4. The molecule has 0 aromatic heterocycles. The van der Waals surface area contributed by atoms with Gasteiger partial charge in [-0.1, -0.05) is 26.2 Å². The fraction of sp³-hybridized carbons (Fsp3) is 0.750. The first kappa shape index (κ1) is 15.1. The maximum atomic E-state index is 12.5. The number of aliphatic imine (C=N–C) groups is 1. The Kier molecular flexibility index (Phi) is 5.21. The number of carbonyl (C=O) groups excluding carboxylic acids is 1. The standard InChI is InChI=1S/C16H27N3O/c1-3-4-5-6-9-17-14-12-16(2,18-13-14)15(20)19-10-7-8-11-19/h12-13,17H,3-11H2,1-2H3. The molecule has 1 fully saturated rings. The highest BCUT2D eigenvalue weighted by atomic mass is 16.2. The Hall–Kier alpha value is -1.32. The van der Waals surface area contributed by atoms with Gasteiger partial charge in [-0.3, -0.25) is 9.79 Å². The zero-order valence-electron chi connectivity index (χ0n) is 12.8. The topological polar surface area (TPSA) is 44.7 Å². The van der Waals surface area contributed by atoms with Crippen LogP contribution in [0.3, 0.4) is 0 Å². The van der Waals surface area contributed by atoms with Crippen molar-refractivity contribution >= 4 is 12.1 Å². The van der Waals surface area contributed by atoms with Gasteiger partial charge in [0.25, 0.3) is 5.91 Å². The predicted octanol–water partition coefficient (Wildman–Crippen LogP) is 2.51. The van der Waals surface area contributed by atoms with Gasteiger partial charge in [-0.15, -0.1) is 0 Å². The van der Waals surface area contributed by atoms with Crippen LogP contribution in [0.5, 0.6) is 0 Å². The lowest BCUT2D eigenvalue weighted by Gasteiger charge is -2.24. The van der Waals surface area contributed by atoms with Crippen LogP contribution in [0, 0.1) is 0 Å². The van der Waals surface area contributed by atoms with Crippen LogP contribution < -0.4 is 5.32 Å². The van der Waals surface area contributed by atoms with E-state index in [1.54, 1.807) is 0 Å². The van der Waals surface area contributed by atoms with Crippen LogP contribution >= 0.6 is 0 Å².